The first-order chi connectivity index (χ1) is 18.1. The maximum atomic E-state index is 13.0. The molecule has 1 heterocycles. The van der Waals surface area contributed by atoms with Gasteiger partial charge in [0.1, 0.15) is 23.2 Å². The lowest BCUT2D eigenvalue weighted by Crippen LogP contribution is -2.66. The molecule has 0 aromatic heterocycles. The van der Waals surface area contributed by atoms with Crippen molar-refractivity contribution in [3.8, 4) is 11.5 Å². The zero-order chi connectivity index (χ0) is 27.4. The normalized spacial score (nSPS) is 21.4. The summed E-state index contributed by atoms with van der Waals surface area (Å²) in [4.78, 5) is 13.0. The molecule has 1 fully saturated rings. The van der Waals surface area contributed by atoms with Crippen LogP contribution in [0.25, 0.3) is 0 Å². The van der Waals surface area contributed by atoms with Crippen LogP contribution in [-0.2, 0) is 9.16 Å². The van der Waals surface area contributed by atoms with Gasteiger partial charge in [-0.2, -0.15) is 0 Å². The number of methoxy groups -OCH3 is 2. The van der Waals surface area contributed by atoms with Crippen molar-refractivity contribution in [2.24, 2.45) is 0 Å². The predicted octanol–water partition coefficient (Wildman–Crippen LogP) is 5.44. The smallest absolute Gasteiger partial charge is 0.342 e. The Morgan fingerprint density at radius 3 is 2.08 bits per heavy atom. The maximum Gasteiger partial charge on any atom is 0.342 e. The van der Waals surface area contributed by atoms with Gasteiger partial charge in [-0.3, -0.25) is 0 Å². The summed E-state index contributed by atoms with van der Waals surface area (Å²) in [6.45, 7) is 6.67. The molecule has 1 aliphatic rings. The van der Waals surface area contributed by atoms with E-state index in [0.29, 0.717) is 35.0 Å². The van der Waals surface area contributed by atoms with Gasteiger partial charge in [0.2, 0.25) is 0 Å². The highest BCUT2D eigenvalue weighted by Gasteiger charge is 2.51. The molecule has 0 radical (unpaired) electrons. The molecule has 0 saturated carbocycles. The third-order valence-corrected chi connectivity index (χ3v) is 14.9. The third-order valence-electron chi connectivity index (χ3n) is 7.13. The minimum absolute atomic E-state index is 0.180. The first-order valence-corrected chi connectivity index (χ1v) is 16.8. The molecule has 6 nitrogen and oxygen atoms in total. The Hall–Kier alpha value is -2.78. The van der Waals surface area contributed by atoms with E-state index in [1.54, 1.807) is 25.3 Å². The van der Waals surface area contributed by atoms with Crippen molar-refractivity contribution >= 4 is 35.0 Å². The summed E-state index contributed by atoms with van der Waals surface area (Å²) in [6, 6.07) is 25.8. The van der Waals surface area contributed by atoms with Crippen LogP contribution in [0, 0.1) is 0 Å². The van der Waals surface area contributed by atoms with Crippen molar-refractivity contribution in [1.29, 1.82) is 0 Å². The van der Waals surface area contributed by atoms with Gasteiger partial charge >= 0.3 is 5.97 Å². The zero-order valence-corrected chi connectivity index (χ0v) is 24.6. The van der Waals surface area contributed by atoms with Crippen LogP contribution in [0.5, 0.6) is 11.5 Å². The molecular formula is C30H38O6SSi. The van der Waals surface area contributed by atoms with E-state index in [1.165, 1.54) is 17.5 Å². The van der Waals surface area contributed by atoms with Crippen LogP contribution in [0.2, 0.25) is 5.04 Å². The van der Waals surface area contributed by atoms with Gasteiger partial charge in [0, 0.05) is 17.6 Å². The Bertz CT molecular complexity index is 1190. The van der Waals surface area contributed by atoms with Gasteiger partial charge in [-0.25, -0.2) is 4.79 Å². The molecule has 1 N–H and O–H groups in total. The van der Waals surface area contributed by atoms with Crippen LogP contribution in [0.15, 0.2) is 78.9 Å². The Labute approximate surface area is 228 Å². The molecule has 204 valence electrons. The number of hydrogen-bond acceptors (Lipinski definition) is 6. The Balaban J connectivity index is 1.53. The van der Waals surface area contributed by atoms with Crippen molar-refractivity contribution < 1.29 is 28.0 Å². The molecule has 0 bridgehead atoms. The standard InChI is InChI=1S/C30H38O6SSi/c1-30(2,3)38(25-12-8-6-9-13-25,26-14-10-7-11-15-26)35-22-37(32)19-18-24(21-37)36-29(31)27-17-16-23(33-4)20-28(27)34-5/h6-17,20,24,32H,18-19,21-22H2,1-5H3. The van der Waals surface area contributed by atoms with Gasteiger partial charge in [-0.05, 0) is 34.0 Å². The number of esters is 1. The molecule has 4 rings (SSSR count). The van der Waals surface area contributed by atoms with Crippen molar-refractivity contribution in [1.82, 2.24) is 0 Å². The van der Waals surface area contributed by atoms with Crippen LogP contribution in [0.4, 0.5) is 0 Å². The van der Waals surface area contributed by atoms with E-state index in [9.17, 15) is 9.35 Å². The van der Waals surface area contributed by atoms with Crippen molar-refractivity contribution in [2.75, 3.05) is 31.7 Å². The van der Waals surface area contributed by atoms with Gasteiger partial charge in [0.05, 0.1) is 20.2 Å². The highest BCUT2D eigenvalue weighted by Crippen LogP contribution is 2.52. The number of rotatable bonds is 9. The molecule has 2 unspecified atom stereocenters. The number of carbonyl (C=O) groups is 1. The fourth-order valence-corrected chi connectivity index (χ4v) is 13.0. The molecule has 3 aromatic rings. The summed E-state index contributed by atoms with van der Waals surface area (Å²) in [5.41, 5.74) is 0.335. The quantitative estimate of drug-likeness (QED) is 0.280. The lowest BCUT2D eigenvalue weighted by molar-refractivity contribution is 0.0352. The van der Waals surface area contributed by atoms with Crippen molar-refractivity contribution in [2.45, 2.75) is 38.3 Å². The third kappa shape index (κ3) is 5.78. The average molecular weight is 555 g/mol. The summed E-state index contributed by atoms with van der Waals surface area (Å²) >= 11 is 0. The van der Waals surface area contributed by atoms with E-state index < -0.39 is 24.6 Å². The van der Waals surface area contributed by atoms with Crippen LogP contribution in [-0.4, -0.2) is 56.6 Å². The van der Waals surface area contributed by atoms with E-state index >= 15 is 0 Å². The van der Waals surface area contributed by atoms with Gasteiger partial charge in [0.25, 0.3) is 8.32 Å². The molecular weight excluding hydrogens is 516 g/mol. The zero-order valence-electron chi connectivity index (χ0n) is 22.8. The first-order valence-electron chi connectivity index (χ1n) is 12.8. The Morgan fingerprint density at radius 2 is 1.55 bits per heavy atom. The van der Waals surface area contributed by atoms with Crippen molar-refractivity contribution in [3.05, 3.63) is 84.4 Å². The van der Waals surface area contributed by atoms with E-state index in [-0.39, 0.29) is 17.1 Å². The first kappa shape index (κ1) is 28.2. The SMILES string of the molecule is COc1ccc(C(=O)OC2CCS(O)(CO[Si](c3ccccc3)(c3ccccc3)C(C)(C)C)C2)c(OC)c1. The lowest BCUT2D eigenvalue weighted by atomic mass is 10.2. The summed E-state index contributed by atoms with van der Waals surface area (Å²) in [7, 11) is -1.83. The molecule has 1 aliphatic heterocycles. The second kappa shape index (κ2) is 11.5. The highest BCUT2D eigenvalue weighted by atomic mass is 32.3. The minimum atomic E-state index is -2.77. The minimum Gasteiger partial charge on any atom is -0.497 e. The molecule has 38 heavy (non-hydrogen) atoms. The van der Waals surface area contributed by atoms with E-state index in [1.807, 2.05) is 12.1 Å². The van der Waals surface area contributed by atoms with Gasteiger partial charge in [0.15, 0.2) is 0 Å². The fraction of sp³-hybridized carbons (Fsp3) is 0.367. The van der Waals surface area contributed by atoms with Gasteiger partial charge < -0.3 is 23.2 Å². The summed E-state index contributed by atoms with van der Waals surface area (Å²) in [5, 5.41) is 2.17. The molecule has 0 aliphatic carbocycles. The summed E-state index contributed by atoms with van der Waals surface area (Å²) < 4.78 is 35.1. The van der Waals surface area contributed by atoms with Gasteiger partial charge in [-0.15, -0.1) is 10.3 Å². The van der Waals surface area contributed by atoms with Crippen LogP contribution >= 0.6 is 10.3 Å². The fourth-order valence-electron chi connectivity index (χ4n) is 5.21. The number of hydrogen-bond donors (Lipinski definition) is 1. The van der Waals surface area contributed by atoms with E-state index in [2.05, 4.69) is 69.3 Å². The molecule has 0 spiro atoms. The summed E-state index contributed by atoms with van der Waals surface area (Å²) in [6.07, 6.45) is 0.220. The topological polar surface area (TPSA) is 74.2 Å². The van der Waals surface area contributed by atoms with Crippen LogP contribution in [0.1, 0.15) is 37.6 Å². The van der Waals surface area contributed by atoms with E-state index in [0.717, 1.165) is 0 Å². The molecule has 1 saturated heterocycles. The number of ether oxygens (including phenoxy) is 3. The number of carbonyl (C=O) groups excluding carboxylic acids is 1. The van der Waals surface area contributed by atoms with Crippen LogP contribution in [0.3, 0.4) is 0 Å². The molecule has 0 amide bonds. The summed E-state index contributed by atoms with van der Waals surface area (Å²) in [5.74, 6) is 1.74. The Morgan fingerprint density at radius 1 is 0.947 bits per heavy atom. The predicted molar refractivity (Wildman–Crippen MR) is 157 cm³/mol. The second-order valence-electron chi connectivity index (χ2n) is 10.7. The highest BCUT2D eigenvalue weighted by molar-refractivity contribution is 8.29. The second-order valence-corrected chi connectivity index (χ2v) is 18.0. The largest absolute Gasteiger partial charge is 0.497 e. The Kier molecular flexibility index (Phi) is 8.57. The molecule has 2 atom stereocenters. The monoisotopic (exact) mass is 554 g/mol. The van der Waals surface area contributed by atoms with E-state index in [4.69, 9.17) is 18.6 Å². The lowest BCUT2D eigenvalue weighted by Gasteiger charge is -2.45. The molecule has 3 aromatic carbocycles. The molecule has 8 heteroatoms. The van der Waals surface area contributed by atoms with Crippen molar-refractivity contribution in [3.63, 3.8) is 0 Å². The maximum absolute atomic E-state index is 13.0. The average Bonchev–Trinajstić information content (AvgIpc) is 3.29. The van der Waals surface area contributed by atoms with Gasteiger partial charge in [-0.1, -0.05) is 81.4 Å². The number of benzene rings is 3. The van der Waals surface area contributed by atoms with Crippen LogP contribution < -0.4 is 19.8 Å².